The van der Waals surface area contributed by atoms with Crippen molar-refractivity contribution in [3.63, 3.8) is 0 Å². The fraction of sp³-hybridized carbons (Fsp3) is 0.143. The van der Waals surface area contributed by atoms with Crippen molar-refractivity contribution in [3.05, 3.63) is 71.9 Å². The quantitative estimate of drug-likeness (QED) is 0.696. The van der Waals surface area contributed by atoms with E-state index in [9.17, 15) is 4.79 Å². The van der Waals surface area contributed by atoms with Crippen LogP contribution in [0.15, 0.2) is 60.8 Å². The van der Waals surface area contributed by atoms with Gasteiger partial charge in [0.2, 0.25) is 5.91 Å². The highest BCUT2D eigenvalue weighted by Crippen LogP contribution is 2.21. The zero-order valence-electron chi connectivity index (χ0n) is 14.5. The van der Waals surface area contributed by atoms with Crippen LogP contribution in [0.25, 0.3) is 17.0 Å². The lowest BCUT2D eigenvalue weighted by Crippen LogP contribution is -2.20. The number of aromatic nitrogens is 1. The van der Waals surface area contributed by atoms with Gasteiger partial charge in [-0.2, -0.15) is 5.26 Å². The zero-order chi connectivity index (χ0) is 18.4. The molecule has 0 spiro atoms. The van der Waals surface area contributed by atoms with Gasteiger partial charge in [-0.05, 0) is 29.8 Å². The lowest BCUT2D eigenvalue weighted by atomic mass is 10.1. The second-order valence-electron chi connectivity index (χ2n) is 5.86. The highest BCUT2D eigenvalue weighted by Gasteiger charge is 2.04. The zero-order valence-corrected chi connectivity index (χ0v) is 14.5. The summed E-state index contributed by atoms with van der Waals surface area (Å²) in [6, 6.07) is 17.3. The lowest BCUT2D eigenvalue weighted by Gasteiger charge is -2.06. The Balaban J connectivity index is 1.62. The molecule has 26 heavy (non-hydrogen) atoms. The molecule has 1 N–H and O–H groups in total. The van der Waals surface area contributed by atoms with Crippen LogP contribution in [0.5, 0.6) is 5.75 Å². The maximum Gasteiger partial charge on any atom is 0.244 e. The first kappa shape index (κ1) is 17.3. The number of rotatable bonds is 6. The summed E-state index contributed by atoms with van der Waals surface area (Å²) in [5, 5.41) is 12.5. The molecule has 1 heterocycles. The molecule has 0 saturated heterocycles. The Morgan fingerprint density at radius 1 is 1.27 bits per heavy atom. The molecule has 0 radical (unpaired) electrons. The van der Waals surface area contributed by atoms with Gasteiger partial charge in [0.25, 0.3) is 0 Å². The summed E-state index contributed by atoms with van der Waals surface area (Å²) >= 11 is 0. The SMILES string of the molecule is Cn1cc(/C=C/C(=O)NCc2cccc(OCC#N)c2)c2ccccc21. The number of nitriles is 1. The molecule has 0 atom stereocenters. The number of carbonyl (C=O) groups excluding carboxylic acids is 1. The first-order valence-corrected chi connectivity index (χ1v) is 8.26. The fourth-order valence-electron chi connectivity index (χ4n) is 2.78. The van der Waals surface area contributed by atoms with E-state index in [0.717, 1.165) is 22.0 Å². The van der Waals surface area contributed by atoms with Gasteiger partial charge in [0.15, 0.2) is 6.61 Å². The van der Waals surface area contributed by atoms with Crippen molar-refractivity contribution in [1.82, 2.24) is 9.88 Å². The minimum absolute atomic E-state index is 0.00355. The van der Waals surface area contributed by atoms with E-state index >= 15 is 0 Å². The van der Waals surface area contributed by atoms with Crippen LogP contribution < -0.4 is 10.1 Å². The minimum atomic E-state index is -0.165. The summed E-state index contributed by atoms with van der Waals surface area (Å²) in [7, 11) is 1.99. The van der Waals surface area contributed by atoms with Crippen molar-refractivity contribution >= 4 is 22.9 Å². The van der Waals surface area contributed by atoms with Gasteiger partial charge in [0.1, 0.15) is 11.8 Å². The number of benzene rings is 2. The average molecular weight is 345 g/mol. The molecule has 1 amide bonds. The van der Waals surface area contributed by atoms with Crippen LogP contribution in [0.1, 0.15) is 11.1 Å². The van der Waals surface area contributed by atoms with Crippen LogP contribution in [0.3, 0.4) is 0 Å². The average Bonchev–Trinajstić information content (AvgIpc) is 2.99. The van der Waals surface area contributed by atoms with E-state index < -0.39 is 0 Å². The first-order chi connectivity index (χ1) is 12.7. The van der Waals surface area contributed by atoms with Crippen LogP contribution >= 0.6 is 0 Å². The second-order valence-corrected chi connectivity index (χ2v) is 5.86. The molecule has 0 aliphatic carbocycles. The molecular weight excluding hydrogens is 326 g/mol. The van der Waals surface area contributed by atoms with Gasteiger partial charge in [-0.25, -0.2) is 0 Å². The van der Waals surface area contributed by atoms with Gasteiger partial charge < -0.3 is 14.6 Å². The monoisotopic (exact) mass is 345 g/mol. The van der Waals surface area contributed by atoms with E-state index in [0.29, 0.717) is 12.3 Å². The Labute approximate surface area is 152 Å². The molecule has 0 aliphatic rings. The topological polar surface area (TPSA) is 67.1 Å². The largest absolute Gasteiger partial charge is 0.479 e. The number of nitrogens with zero attached hydrogens (tertiary/aromatic N) is 2. The van der Waals surface area contributed by atoms with Crippen LogP contribution in [0.2, 0.25) is 0 Å². The third kappa shape index (κ3) is 4.11. The molecule has 1 aromatic heterocycles. The Morgan fingerprint density at radius 3 is 2.96 bits per heavy atom. The fourth-order valence-corrected chi connectivity index (χ4v) is 2.78. The Morgan fingerprint density at radius 2 is 2.12 bits per heavy atom. The Bertz CT molecular complexity index is 996. The molecule has 3 rings (SSSR count). The van der Waals surface area contributed by atoms with Crippen LogP contribution in [-0.4, -0.2) is 17.1 Å². The van der Waals surface area contributed by atoms with Crippen molar-refractivity contribution in [3.8, 4) is 11.8 Å². The summed E-state index contributed by atoms with van der Waals surface area (Å²) in [5.74, 6) is 0.450. The van der Waals surface area contributed by atoms with E-state index in [1.807, 2.05) is 72.4 Å². The van der Waals surface area contributed by atoms with E-state index in [2.05, 4.69) is 5.32 Å². The Hall–Kier alpha value is -3.52. The van der Waals surface area contributed by atoms with Gasteiger partial charge in [-0.3, -0.25) is 4.79 Å². The number of amides is 1. The number of para-hydroxylation sites is 1. The molecular formula is C21H19N3O2. The number of ether oxygens (including phenoxy) is 1. The van der Waals surface area contributed by atoms with E-state index in [-0.39, 0.29) is 12.5 Å². The standard InChI is InChI=1S/C21H19N3O2/c1-24-15-17(19-7-2-3-8-20(19)24)9-10-21(25)23-14-16-5-4-6-18(13-16)26-12-11-22/h2-10,13,15H,12,14H2,1H3,(H,23,25)/b10-9+. The summed E-state index contributed by atoms with van der Waals surface area (Å²) in [5.41, 5.74) is 3.04. The van der Waals surface area contributed by atoms with E-state index in [1.165, 1.54) is 6.08 Å². The van der Waals surface area contributed by atoms with E-state index in [1.54, 1.807) is 6.07 Å². The maximum absolute atomic E-state index is 12.1. The van der Waals surface area contributed by atoms with Crippen molar-refractivity contribution < 1.29 is 9.53 Å². The maximum atomic E-state index is 12.1. The molecule has 5 nitrogen and oxygen atoms in total. The molecule has 130 valence electrons. The Kier molecular flexibility index (Phi) is 5.35. The van der Waals surface area contributed by atoms with Crippen LogP contribution in [0, 0.1) is 11.3 Å². The third-order valence-electron chi connectivity index (χ3n) is 4.01. The summed E-state index contributed by atoms with van der Waals surface area (Å²) in [6.45, 7) is 0.395. The second kappa shape index (κ2) is 8.04. The molecule has 0 saturated carbocycles. The van der Waals surface area contributed by atoms with Crippen molar-refractivity contribution in [2.24, 2.45) is 7.05 Å². The van der Waals surface area contributed by atoms with E-state index in [4.69, 9.17) is 10.00 Å². The number of nitrogens with one attached hydrogen (secondary N) is 1. The summed E-state index contributed by atoms with van der Waals surface area (Å²) in [6.07, 6.45) is 5.37. The highest BCUT2D eigenvalue weighted by atomic mass is 16.5. The number of carbonyl (C=O) groups is 1. The lowest BCUT2D eigenvalue weighted by molar-refractivity contribution is -0.116. The van der Waals surface area contributed by atoms with Gasteiger partial charge >= 0.3 is 0 Å². The summed E-state index contributed by atoms with van der Waals surface area (Å²) < 4.78 is 7.30. The molecule has 5 heteroatoms. The van der Waals surface area contributed by atoms with Gasteiger partial charge in [-0.15, -0.1) is 0 Å². The van der Waals surface area contributed by atoms with Crippen molar-refractivity contribution in [1.29, 1.82) is 5.26 Å². The molecule has 2 aromatic carbocycles. The van der Waals surface area contributed by atoms with Crippen LogP contribution in [0.4, 0.5) is 0 Å². The van der Waals surface area contributed by atoms with Crippen LogP contribution in [-0.2, 0) is 18.4 Å². The first-order valence-electron chi connectivity index (χ1n) is 8.26. The van der Waals surface area contributed by atoms with Crippen molar-refractivity contribution in [2.45, 2.75) is 6.54 Å². The van der Waals surface area contributed by atoms with Gasteiger partial charge in [0.05, 0.1) is 0 Å². The minimum Gasteiger partial charge on any atom is -0.479 e. The predicted molar refractivity (Wildman–Crippen MR) is 101 cm³/mol. The normalized spacial score (nSPS) is 10.8. The smallest absolute Gasteiger partial charge is 0.244 e. The number of hydrogen-bond donors (Lipinski definition) is 1. The molecule has 0 unspecified atom stereocenters. The predicted octanol–water partition coefficient (Wildman–Crippen LogP) is 3.41. The number of fused-ring (bicyclic) bond motifs is 1. The number of hydrogen-bond acceptors (Lipinski definition) is 3. The van der Waals surface area contributed by atoms with Crippen molar-refractivity contribution in [2.75, 3.05) is 6.61 Å². The molecule has 0 fully saturated rings. The third-order valence-corrected chi connectivity index (χ3v) is 4.01. The number of aryl methyl sites for hydroxylation is 1. The van der Waals surface area contributed by atoms with Gasteiger partial charge in [0, 0.05) is 42.3 Å². The molecule has 0 aliphatic heterocycles. The molecule has 0 bridgehead atoms. The van der Waals surface area contributed by atoms with Gasteiger partial charge in [-0.1, -0.05) is 30.3 Å². The highest BCUT2D eigenvalue weighted by molar-refractivity contribution is 5.96. The summed E-state index contributed by atoms with van der Waals surface area (Å²) in [4.78, 5) is 12.1. The molecule has 3 aromatic rings.